The number of para-hydroxylation sites is 4. The average Bonchev–Trinajstić information content (AvgIpc) is 1.63. The molecule has 2 heterocycles. The summed E-state index contributed by atoms with van der Waals surface area (Å²) in [6.07, 6.45) is 0. The van der Waals surface area contributed by atoms with E-state index >= 15 is 0 Å². The van der Waals surface area contributed by atoms with Crippen LogP contribution < -0.4 is 20.0 Å². The maximum Gasteiger partial charge on any atom is 0.0540 e. The average molecular weight is 2020 g/mol. The first kappa shape index (κ1) is 98.5. The monoisotopic (exact) mass is 2020 g/mol. The van der Waals surface area contributed by atoms with Gasteiger partial charge in [-0.2, -0.15) is 0 Å². The largest absolute Gasteiger partial charge is 0.355 e. The molecule has 0 aliphatic heterocycles. The molecule has 675 valence electrons. The van der Waals surface area contributed by atoms with Crippen LogP contribution in [-0.4, -0.2) is 17.5 Å². The van der Waals surface area contributed by atoms with Gasteiger partial charge in [0.2, 0.25) is 0 Å². The molecule has 22 aromatic rings. The maximum absolute atomic E-state index is 3.53. The molecule has 0 atom stereocenters. The molecule has 0 aliphatic rings. The second-order valence-corrected chi connectivity index (χ2v) is 36.7. The van der Waals surface area contributed by atoms with Crippen molar-refractivity contribution < 1.29 is 0 Å². The molecule has 0 bridgehead atoms. The second-order valence-electron chi connectivity index (χ2n) is 33.6. The van der Waals surface area contributed by atoms with Gasteiger partial charge in [0.15, 0.2) is 0 Å². The van der Waals surface area contributed by atoms with Crippen LogP contribution in [0.25, 0.3) is 98.5 Å². The van der Waals surface area contributed by atoms with Gasteiger partial charge in [-0.3, -0.25) is 0 Å². The molecule has 3 radical (unpaired) electrons. The predicted molar refractivity (Wildman–Crippen MR) is 613 cm³/mol. The third-order valence-electron chi connectivity index (χ3n) is 25.0. The van der Waals surface area contributed by atoms with Crippen molar-refractivity contribution in [2.75, 3.05) is 20.0 Å². The highest BCUT2D eigenvalue weighted by molar-refractivity contribution is 14.1. The minimum Gasteiger partial charge on any atom is -0.355 e. The van der Waals surface area contributed by atoms with Crippen LogP contribution >= 0.6 is 54.5 Å². The van der Waals surface area contributed by atoms with Crippen LogP contribution in [0.3, 0.4) is 0 Å². The van der Waals surface area contributed by atoms with Crippen molar-refractivity contribution in [2.24, 2.45) is 0 Å². The smallest absolute Gasteiger partial charge is 0.0540 e. The molecule has 137 heavy (non-hydrogen) atoms. The lowest BCUT2D eigenvalue weighted by Crippen LogP contribution is -2.10. The number of rotatable bonds is 15. The minimum absolute atomic E-state index is 0. The number of fused-ring (bicyclic) bond motifs is 6. The third-order valence-corrected chi connectivity index (χ3v) is 26.8. The fourth-order valence-corrected chi connectivity index (χ4v) is 19.3. The van der Waals surface area contributed by atoms with E-state index in [-0.39, 0.29) is 30.7 Å². The molecular weight excluding hydrogens is 1910 g/mol. The highest BCUT2D eigenvalue weighted by atomic mass is 127. The highest BCUT2D eigenvalue weighted by Crippen LogP contribution is 2.45. The molecule has 0 saturated heterocycles. The van der Waals surface area contributed by atoms with Gasteiger partial charge in [-0.15, -0.1) is 0 Å². The van der Waals surface area contributed by atoms with Gasteiger partial charge >= 0.3 is 0 Å². The molecule has 0 aliphatic carbocycles. The Kier molecular flexibility index (Phi) is 32.5. The van der Waals surface area contributed by atoms with E-state index in [1.165, 1.54) is 141 Å². The second kappa shape index (κ2) is 45.2. The van der Waals surface area contributed by atoms with E-state index in [9.17, 15) is 0 Å². The van der Waals surface area contributed by atoms with Crippen LogP contribution in [0.5, 0.6) is 0 Å². The summed E-state index contributed by atoms with van der Waals surface area (Å²) in [6.45, 7) is 17.7. The Balaban J connectivity index is 0.000000174. The summed E-state index contributed by atoms with van der Waals surface area (Å²) in [5, 5.41) is 15.9. The van der Waals surface area contributed by atoms with Gasteiger partial charge in [0.1, 0.15) is 0 Å². The molecule has 0 spiro atoms. The number of aryl methyl sites for hydroxylation is 6. The minimum atomic E-state index is 0. The highest BCUT2D eigenvalue weighted by Gasteiger charge is 2.23. The normalized spacial score (nSPS) is 10.6. The van der Waals surface area contributed by atoms with Crippen molar-refractivity contribution in [2.45, 2.75) is 77.7 Å². The quantitative estimate of drug-likeness (QED) is 0.0819. The molecule has 1 N–H and O–H groups in total. The summed E-state index contributed by atoms with van der Waals surface area (Å²) >= 11 is 9.15. The van der Waals surface area contributed by atoms with Gasteiger partial charge in [-0.25, -0.2) is 0 Å². The van der Waals surface area contributed by atoms with Gasteiger partial charge in [-0.1, -0.05) is 327 Å². The number of hydrogen-bond donors (Lipinski definition) is 1. The van der Waals surface area contributed by atoms with E-state index in [4.69, 9.17) is 0 Å². The lowest BCUT2D eigenvalue weighted by Gasteiger charge is -2.27. The van der Waals surface area contributed by atoms with Crippen LogP contribution in [0.2, 0.25) is 0 Å². The Morgan fingerprint density at radius 1 is 0.263 bits per heavy atom. The maximum atomic E-state index is 3.53. The van der Waals surface area contributed by atoms with E-state index in [1.807, 2.05) is 36.4 Å². The van der Waals surface area contributed by atoms with Crippen molar-refractivity contribution in [3.05, 3.63) is 518 Å². The Bertz CT molecular complexity index is 7520. The fourth-order valence-electron chi connectivity index (χ4n) is 18.4. The van der Waals surface area contributed by atoms with Crippen LogP contribution in [0.4, 0.5) is 62.6 Å². The summed E-state index contributed by atoms with van der Waals surface area (Å²) in [6, 6.07) is 164. The van der Waals surface area contributed by atoms with E-state index in [1.54, 1.807) is 0 Å². The topological polar surface area (TPSA) is 31.6 Å². The zero-order valence-corrected chi connectivity index (χ0v) is 81.7. The molecule has 10 heteroatoms. The number of hydrogen-bond acceptors (Lipinski definition) is 4. The molecule has 2 aromatic heterocycles. The first-order valence-electron chi connectivity index (χ1n) is 45.1. The van der Waals surface area contributed by atoms with E-state index in [0.29, 0.717) is 0 Å². The lowest BCUT2D eigenvalue weighted by molar-refractivity contribution is 1.04. The Morgan fingerprint density at radius 3 is 0.949 bits per heavy atom. The number of nitrogens with zero attached hydrogens (tertiary/aromatic N) is 5. The van der Waals surface area contributed by atoms with E-state index in [0.717, 1.165) is 77.2 Å². The van der Waals surface area contributed by atoms with Gasteiger partial charge in [-0.05, 0) is 344 Å². The van der Waals surface area contributed by atoms with Gasteiger partial charge < -0.3 is 29.2 Å². The molecular formula is C127H113BBr2IN6. The van der Waals surface area contributed by atoms with Crippen molar-refractivity contribution >= 4 is 190 Å². The molecule has 6 nitrogen and oxygen atoms in total. The predicted octanol–water partition coefficient (Wildman–Crippen LogP) is 38.5. The third kappa shape index (κ3) is 21.7. The Morgan fingerprint density at radius 2 is 0.569 bits per heavy atom. The van der Waals surface area contributed by atoms with Gasteiger partial charge in [0.25, 0.3) is 0 Å². The number of halogens is 3. The summed E-state index contributed by atoms with van der Waals surface area (Å²) in [7, 11) is 0. The Hall–Kier alpha value is -14.5. The summed E-state index contributed by atoms with van der Waals surface area (Å²) in [5.74, 6) is 0. The number of anilines is 11. The molecule has 0 unspecified atom stereocenters. The van der Waals surface area contributed by atoms with Crippen molar-refractivity contribution in [1.82, 2.24) is 9.13 Å². The number of aromatic nitrogens is 2. The van der Waals surface area contributed by atoms with Gasteiger partial charge in [0.05, 0.1) is 28.1 Å². The van der Waals surface area contributed by atoms with Gasteiger partial charge in [0, 0.05) is 122 Å². The summed E-state index contributed by atoms with van der Waals surface area (Å²) in [4.78, 5) is 7.03. The lowest BCUT2D eigenvalue weighted by atomic mass is 9.91. The SMILES string of the molecule is Brc1ccc(I)cc1.Brc1ccc(N(c2ccccc2)c2cccc3ccccc23)cc1.C.C.C.Cc1c(C)n(-c2ccc(N(c3ccccc3)c3cccc4ccccc34)cc2)c2ccc(-c3ccc4c(c3)c(C)c(C)n4-c3ccc(N(c4ccccc4)c4cccc5ccccc45)cc3)cc12.Cc1cc(C)c(-c2ccccc2C)c(C)c1.[B].c1ccc(Nc2cccc3ccccc23)cc1. The first-order valence-corrected chi connectivity index (χ1v) is 47.8. The zero-order valence-electron chi connectivity index (χ0n) is 76.3. The summed E-state index contributed by atoms with van der Waals surface area (Å²) in [5.41, 5.74) is 32.9. The van der Waals surface area contributed by atoms with Crippen molar-refractivity contribution in [3.63, 3.8) is 0 Å². The van der Waals surface area contributed by atoms with E-state index < -0.39 is 0 Å². The van der Waals surface area contributed by atoms with Crippen LogP contribution in [-0.2, 0) is 0 Å². The molecule has 0 fully saturated rings. The molecule has 20 aromatic carbocycles. The van der Waals surface area contributed by atoms with Crippen LogP contribution in [0.1, 0.15) is 67.0 Å². The first-order chi connectivity index (χ1) is 65.0. The molecule has 0 amide bonds. The van der Waals surface area contributed by atoms with Crippen molar-refractivity contribution in [3.8, 4) is 33.6 Å². The number of benzene rings is 20. The standard InChI is InChI=1S/C64H50N4.C22H16BrN.C16H13N.C16H18.C6H4BrI.3CH4.B/c1-43-45(3)65(53-31-35-55(36-32-53)67(51-21-7-5-8-22-51)61-27-15-19-47-17-11-13-25-57(47)61)63-39-29-49(41-59(43)63)50-30-40-64-60(42-50)44(2)46(4)66(64)54-33-37-56(38-34-54)68(52-23-9-6-10-24-52)62-28-16-20-48-18-12-14-26-58(48)62;23-18-13-15-20(16-14-18)24(19-9-2-1-3-10-19)22-12-6-8-17-7-4-5-11-21(17)22;1-2-9-14(10-3-1)17-16-12-6-8-13-7-4-5-11-15(13)16;1-11-9-13(3)16(14(4)10-11)15-8-6-5-7-12(15)2;7-5-1-3-6(8)4-2-5;;;;/h5-42H,1-4H3;1-16H;1-12,17H;5-10H,1-4H3;1-4H;3*1H4;. The number of nitrogens with one attached hydrogen (secondary N) is 1. The van der Waals surface area contributed by atoms with Crippen LogP contribution in [0.15, 0.2) is 470 Å². The summed E-state index contributed by atoms with van der Waals surface area (Å²) < 4.78 is 8.30. The zero-order chi connectivity index (χ0) is 91.4. The van der Waals surface area contributed by atoms with Crippen LogP contribution in [0, 0.1) is 59.0 Å². The fraction of sp³-hybridized carbons (Fsp3) is 0.0866. The van der Waals surface area contributed by atoms with E-state index in [2.05, 4.69) is 564 Å². The van der Waals surface area contributed by atoms with Crippen molar-refractivity contribution in [1.29, 1.82) is 0 Å². The molecule has 0 saturated carbocycles. The Labute approximate surface area is 841 Å². The molecule has 22 rings (SSSR count).